The predicted octanol–water partition coefficient (Wildman–Crippen LogP) is 5.88. The van der Waals surface area contributed by atoms with E-state index in [1.165, 1.54) is 11.1 Å². The van der Waals surface area contributed by atoms with Crippen LogP contribution in [0.1, 0.15) is 23.1 Å². The van der Waals surface area contributed by atoms with Crippen LogP contribution in [0.3, 0.4) is 0 Å². The van der Waals surface area contributed by atoms with E-state index in [-0.39, 0.29) is 6.10 Å². The molecule has 0 aromatic heterocycles. The van der Waals surface area contributed by atoms with Crippen LogP contribution in [0.2, 0.25) is 5.02 Å². The van der Waals surface area contributed by atoms with Gasteiger partial charge in [-0.2, -0.15) is 0 Å². The highest BCUT2D eigenvalue weighted by molar-refractivity contribution is 6.31. The lowest BCUT2D eigenvalue weighted by Gasteiger charge is -2.21. The van der Waals surface area contributed by atoms with Crippen LogP contribution in [-0.4, -0.2) is 37.4 Å². The Morgan fingerprint density at radius 1 is 1.06 bits per heavy atom. The lowest BCUT2D eigenvalue weighted by atomic mass is 9.97. The van der Waals surface area contributed by atoms with E-state index in [0.29, 0.717) is 13.2 Å². The Labute approximate surface area is 194 Å². The smallest absolute Gasteiger partial charge is 0.165 e. The molecule has 5 heteroatoms. The van der Waals surface area contributed by atoms with Crippen LogP contribution in [-0.2, 0) is 17.8 Å². The molecule has 0 radical (unpaired) electrons. The number of rotatable bonds is 5. The number of aryl methyl sites for hydroxylation is 1. The second-order valence-electron chi connectivity index (χ2n) is 8.53. The molecule has 3 aromatic rings. The van der Waals surface area contributed by atoms with Crippen LogP contribution in [0, 0.1) is 6.92 Å². The molecule has 0 unspecified atom stereocenters. The Bertz CT molecular complexity index is 1090. The van der Waals surface area contributed by atoms with Crippen molar-refractivity contribution in [1.29, 1.82) is 0 Å². The van der Waals surface area contributed by atoms with Crippen LogP contribution in [0.4, 0.5) is 0 Å². The van der Waals surface area contributed by atoms with E-state index in [4.69, 9.17) is 25.8 Å². The first-order chi connectivity index (χ1) is 15.7. The lowest BCUT2D eigenvalue weighted by molar-refractivity contribution is 0.137. The number of nitrogens with zero attached hydrogens (tertiary/aromatic N) is 1. The molecule has 1 saturated heterocycles. The molecule has 0 N–H and O–H groups in total. The van der Waals surface area contributed by atoms with E-state index < -0.39 is 0 Å². The molecular formula is C27H28ClNO3. The number of fused-ring (bicyclic) bond motifs is 1. The molecule has 32 heavy (non-hydrogen) atoms. The molecule has 0 aliphatic carbocycles. The first-order valence-electron chi connectivity index (χ1n) is 11.2. The van der Waals surface area contributed by atoms with Gasteiger partial charge in [-0.25, -0.2) is 0 Å². The molecule has 0 bridgehead atoms. The molecule has 1 atom stereocenters. The second-order valence-corrected chi connectivity index (χ2v) is 8.94. The summed E-state index contributed by atoms with van der Waals surface area (Å²) < 4.78 is 18.2. The van der Waals surface area contributed by atoms with Crippen molar-refractivity contribution in [3.8, 4) is 22.6 Å². The van der Waals surface area contributed by atoms with Gasteiger partial charge in [0.2, 0.25) is 0 Å². The van der Waals surface area contributed by atoms with Crippen molar-refractivity contribution in [2.45, 2.75) is 32.5 Å². The van der Waals surface area contributed by atoms with Gasteiger partial charge in [0.1, 0.15) is 12.7 Å². The minimum atomic E-state index is 0.0669. The Morgan fingerprint density at radius 3 is 2.72 bits per heavy atom. The maximum absolute atomic E-state index is 6.44. The molecule has 0 saturated carbocycles. The zero-order valence-electron chi connectivity index (χ0n) is 18.4. The minimum absolute atomic E-state index is 0.0669. The zero-order valence-corrected chi connectivity index (χ0v) is 19.1. The predicted molar refractivity (Wildman–Crippen MR) is 128 cm³/mol. The molecule has 3 aromatic carbocycles. The van der Waals surface area contributed by atoms with Gasteiger partial charge >= 0.3 is 0 Å². The van der Waals surface area contributed by atoms with Crippen molar-refractivity contribution < 1.29 is 14.2 Å². The van der Waals surface area contributed by atoms with E-state index in [1.54, 1.807) is 0 Å². The van der Waals surface area contributed by atoms with Crippen LogP contribution in [0.25, 0.3) is 11.1 Å². The van der Waals surface area contributed by atoms with Gasteiger partial charge < -0.3 is 14.2 Å². The molecule has 2 heterocycles. The largest absolute Gasteiger partial charge is 0.488 e. The van der Waals surface area contributed by atoms with Gasteiger partial charge in [0.05, 0.1) is 13.2 Å². The fourth-order valence-corrected chi connectivity index (χ4v) is 4.66. The van der Waals surface area contributed by atoms with Crippen LogP contribution >= 0.6 is 11.6 Å². The number of hydrogen-bond donors (Lipinski definition) is 0. The SMILES string of the molecule is Cc1ccccc1-c1cc2c(c(O[C@H]3CCOC3)c1)OCCN(Cc1ccccc1Cl)C2. The average Bonchev–Trinajstić information content (AvgIpc) is 3.21. The summed E-state index contributed by atoms with van der Waals surface area (Å²) in [5, 5.41) is 0.803. The zero-order chi connectivity index (χ0) is 21.9. The first-order valence-corrected chi connectivity index (χ1v) is 11.6. The molecule has 5 rings (SSSR count). The fraction of sp³-hybridized carbons (Fsp3) is 0.333. The number of ether oxygens (including phenoxy) is 3. The summed E-state index contributed by atoms with van der Waals surface area (Å²) in [7, 11) is 0. The third kappa shape index (κ3) is 4.63. The Hall–Kier alpha value is -2.53. The quantitative estimate of drug-likeness (QED) is 0.486. The van der Waals surface area contributed by atoms with Gasteiger partial charge in [-0.1, -0.05) is 54.1 Å². The highest BCUT2D eigenvalue weighted by atomic mass is 35.5. The van der Waals surface area contributed by atoms with Crippen molar-refractivity contribution in [2.24, 2.45) is 0 Å². The van der Waals surface area contributed by atoms with Crippen LogP contribution < -0.4 is 9.47 Å². The van der Waals surface area contributed by atoms with Crippen molar-refractivity contribution in [3.05, 3.63) is 82.4 Å². The molecule has 166 valence electrons. The number of halogens is 1. The van der Waals surface area contributed by atoms with Gasteiger partial charge in [0.25, 0.3) is 0 Å². The number of benzene rings is 3. The lowest BCUT2D eigenvalue weighted by Crippen LogP contribution is -2.25. The average molecular weight is 450 g/mol. The monoisotopic (exact) mass is 449 g/mol. The third-order valence-corrected chi connectivity index (χ3v) is 6.54. The van der Waals surface area contributed by atoms with Gasteiger partial charge in [0, 0.05) is 36.6 Å². The standard InChI is InChI=1S/C27H28ClNO3/c1-19-6-2-4-8-24(19)21-14-22-17-29(16-20-7-3-5-9-25(20)28)11-13-31-27(22)26(15-21)32-23-10-12-30-18-23/h2-9,14-15,23H,10-13,16-18H2,1H3/t23-/m0/s1. The van der Waals surface area contributed by atoms with Gasteiger partial charge in [-0.3, -0.25) is 4.90 Å². The summed E-state index contributed by atoms with van der Waals surface area (Å²) in [6.07, 6.45) is 0.972. The number of hydrogen-bond acceptors (Lipinski definition) is 4. The van der Waals surface area contributed by atoms with E-state index >= 15 is 0 Å². The van der Waals surface area contributed by atoms with Crippen LogP contribution in [0.5, 0.6) is 11.5 Å². The van der Waals surface area contributed by atoms with Gasteiger partial charge in [-0.15, -0.1) is 0 Å². The Balaban J connectivity index is 1.51. The van der Waals surface area contributed by atoms with Crippen molar-refractivity contribution >= 4 is 11.6 Å². The van der Waals surface area contributed by atoms with Crippen LogP contribution in [0.15, 0.2) is 60.7 Å². The summed E-state index contributed by atoms with van der Waals surface area (Å²) in [4.78, 5) is 2.39. The maximum atomic E-state index is 6.44. The summed E-state index contributed by atoms with van der Waals surface area (Å²) in [6.45, 7) is 6.51. The summed E-state index contributed by atoms with van der Waals surface area (Å²) in [6, 6.07) is 20.9. The van der Waals surface area contributed by atoms with E-state index in [2.05, 4.69) is 54.3 Å². The minimum Gasteiger partial charge on any atom is -0.488 e. The summed E-state index contributed by atoms with van der Waals surface area (Å²) >= 11 is 6.44. The molecular weight excluding hydrogens is 422 g/mol. The highest BCUT2D eigenvalue weighted by Gasteiger charge is 2.25. The third-order valence-electron chi connectivity index (χ3n) is 6.17. The molecule has 2 aliphatic rings. The fourth-order valence-electron chi connectivity index (χ4n) is 4.47. The van der Waals surface area contributed by atoms with E-state index in [1.807, 2.05) is 18.2 Å². The maximum Gasteiger partial charge on any atom is 0.165 e. The van der Waals surface area contributed by atoms with Gasteiger partial charge in [0.15, 0.2) is 11.5 Å². The first kappa shape index (κ1) is 21.3. The molecule has 2 aliphatic heterocycles. The van der Waals surface area contributed by atoms with Gasteiger partial charge in [-0.05, 0) is 47.4 Å². The summed E-state index contributed by atoms with van der Waals surface area (Å²) in [5.41, 5.74) is 5.88. The van der Waals surface area contributed by atoms with E-state index in [9.17, 15) is 0 Å². The van der Waals surface area contributed by atoms with Crippen molar-refractivity contribution in [2.75, 3.05) is 26.4 Å². The normalized spacial score (nSPS) is 18.6. The Kier molecular flexibility index (Phi) is 6.35. The highest BCUT2D eigenvalue weighted by Crippen LogP contribution is 2.40. The molecule has 0 amide bonds. The Morgan fingerprint density at radius 2 is 1.91 bits per heavy atom. The molecule has 4 nitrogen and oxygen atoms in total. The van der Waals surface area contributed by atoms with Crippen molar-refractivity contribution in [3.63, 3.8) is 0 Å². The topological polar surface area (TPSA) is 30.9 Å². The van der Waals surface area contributed by atoms with E-state index in [0.717, 1.165) is 65.9 Å². The molecule has 1 fully saturated rings. The van der Waals surface area contributed by atoms with Crippen molar-refractivity contribution in [1.82, 2.24) is 4.90 Å². The summed E-state index contributed by atoms with van der Waals surface area (Å²) in [5.74, 6) is 1.67. The molecule has 0 spiro atoms. The second kappa shape index (κ2) is 9.53.